The molecule has 0 aromatic carbocycles. The normalized spacial score (nSPS) is 19.7. The van der Waals surface area contributed by atoms with Gasteiger partial charge in [-0.25, -0.2) is 18.0 Å². The highest BCUT2D eigenvalue weighted by Gasteiger charge is 2.54. The molecule has 0 fully saturated rings. The molecule has 0 aliphatic carbocycles. The monoisotopic (exact) mass is 696 g/mol. The maximum absolute atomic E-state index is 14.1. The van der Waals surface area contributed by atoms with Crippen LogP contribution in [0.4, 0.5) is 0 Å². The van der Waals surface area contributed by atoms with E-state index in [1.165, 1.54) is 0 Å². The molecule has 0 aromatic rings. The molecule has 224 valence electrons. The minimum absolute atomic E-state index is 1.12. The van der Waals surface area contributed by atoms with Crippen LogP contribution in [0.5, 0.6) is 0 Å². The lowest BCUT2D eigenvalue weighted by Gasteiger charge is -2.35. The van der Waals surface area contributed by atoms with Crippen LogP contribution < -0.4 is 0 Å². The Morgan fingerprint density at radius 1 is 0.351 bits per heavy atom. The predicted molar refractivity (Wildman–Crippen MR) is 162 cm³/mol. The number of hydrogen-bond donors (Lipinski definition) is 0. The van der Waals surface area contributed by atoms with E-state index in [1.807, 2.05) is 0 Å². The van der Waals surface area contributed by atoms with Crippen LogP contribution in [0.15, 0.2) is 0 Å². The minimum Gasteiger partial charge on any atom is -0.351 e. The molecule has 0 N–H and O–H groups in total. The summed E-state index contributed by atoms with van der Waals surface area (Å²) in [7, 11) is -31.8. The van der Waals surface area contributed by atoms with Crippen molar-refractivity contribution in [3.8, 4) is 0 Å². The van der Waals surface area contributed by atoms with Crippen LogP contribution in [-0.4, -0.2) is 48.3 Å². The van der Waals surface area contributed by atoms with E-state index in [-0.39, 0.29) is 0 Å². The van der Waals surface area contributed by atoms with E-state index in [2.05, 4.69) is 0 Å². The van der Waals surface area contributed by atoms with Crippen molar-refractivity contribution in [2.75, 3.05) is 6.66 Å². The quantitative estimate of drug-likeness (QED) is 0.112. The lowest BCUT2D eigenvalue weighted by molar-refractivity contribution is 0.214. The van der Waals surface area contributed by atoms with Gasteiger partial charge in [0.05, 0.1) is 0 Å². The third-order valence-corrected chi connectivity index (χ3v) is 23.7. The van der Waals surface area contributed by atoms with Gasteiger partial charge in [0.25, 0.3) is 0 Å². The van der Waals surface area contributed by atoms with Gasteiger partial charge in [-0.15, -0.1) is 0 Å². The standard InChI is InChI=1S/C16H48O12P4Si5/c1-29(17,24-33(2,3)4)21-30(18,25-34(5,6)7)22-31(19,26-35(8,9)10)23-32(20,27-36(11,12)13)28-37(14,15)16/h1-16H3. The van der Waals surface area contributed by atoms with E-state index < -0.39 is 72.7 Å². The van der Waals surface area contributed by atoms with E-state index in [0.29, 0.717) is 0 Å². The Balaban J connectivity index is 6.79. The fourth-order valence-electron chi connectivity index (χ4n) is 2.43. The fourth-order valence-corrected chi connectivity index (χ4v) is 24.8. The predicted octanol–water partition coefficient (Wildman–Crippen LogP) is 9.44. The Labute approximate surface area is 229 Å². The van der Waals surface area contributed by atoms with E-state index in [9.17, 15) is 18.3 Å². The molecule has 0 spiro atoms. The largest absolute Gasteiger partial charge is 0.482 e. The molecule has 12 nitrogen and oxygen atoms in total. The summed E-state index contributed by atoms with van der Waals surface area (Å²) in [5, 5.41) is 0. The third kappa shape index (κ3) is 19.4. The van der Waals surface area contributed by atoms with Gasteiger partial charge in [0.2, 0.25) is 0 Å². The van der Waals surface area contributed by atoms with Gasteiger partial charge in [-0.2, -0.15) is 8.62 Å². The Morgan fingerprint density at radius 2 is 0.568 bits per heavy atom. The zero-order valence-electron chi connectivity index (χ0n) is 25.2. The molecule has 0 aromatic heterocycles. The van der Waals surface area contributed by atoms with Crippen LogP contribution in [0, 0.1) is 0 Å². The van der Waals surface area contributed by atoms with Crippen LogP contribution in [-0.2, 0) is 52.3 Å². The highest BCUT2D eigenvalue weighted by Crippen LogP contribution is 2.77. The van der Waals surface area contributed by atoms with Crippen molar-refractivity contribution in [2.45, 2.75) is 98.2 Å². The van der Waals surface area contributed by atoms with E-state index in [4.69, 9.17) is 34.0 Å². The summed E-state index contributed by atoms with van der Waals surface area (Å²) in [4.78, 5) is 0. The minimum atomic E-state index is -5.04. The Morgan fingerprint density at radius 3 is 0.838 bits per heavy atom. The molecular weight excluding hydrogens is 648 g/mol. The fraction of sp³-hybridized carbons (Fsp3) is 1.00. The summed E-state index contributed by atoms with van der Waals surface area (Å²) in [6.45, 7) is 26.9. The second-order valence-corrected chi connectivity index (χ2v) is 44.3. The van der Waals surface area contributed by atoms with E-state index >= 15 is 0 Å². The van der Waals surface area contributed by atoms with Crippen molar-refractivity contribution in [2.24, 2.45) is 0 Å². The summed E-state index contributed by atoms with van der Waals surface area (Å²) in [5.41, 5.74) is 0. The van der Waals surface area contributed by atoms with Gasteiger partial charge < -0.3 is 21.1 Å². The average Bonchev–Trinajstić information content (AvgIpc) is 2.29. The van der Waals surface area contributed by atoms with Gasteiger partial charge >= 0.3 is 31.1 Å². The molecular formula is C16H48O12P4Si5. The van der Waals surface area contributed by atoms with Crippen molar-refractivity contribution in [1.29, 1.82) is 0 Å². The van der Waals surface area contributed by atoms with Crippen molar-refractivity contribution in [1.82, 2.24) is 0 Å². The number of phosphoric acid groups is 3. The zero-order valence-corrected chi connectivity index (χ0v) is 33.8. The third-order valence-electron chi connectivity index (χ3n) is 2.63. The first kappa shape index (κ1) is 38.7. The van der Waals surface area contributed by atoms with Gasteiger partial charge in [-0.05, 0) is 98.2 Å². The maximum atomic E-state index is 14.1. The molecule has 21 heteroatoms. The Hall–Kier alpha value is 1.68. The van der Waals surface area contributed by atoms with Gasteiger partial charge in [0.15, 0.2) is 41.6 Å². The molecule has 0 radical (unpaired) electrons. The lowest BCUT2D eigenvalue weighted by atomic mass is 11.8. The summed E-state index contributed by atoms with van der Waals surface area (Å²) in [6, 6.07) is 0. The molecule has 37 heavy (non-hydrogen) atoms. The van der Waals surface area contributed by atoms with Gasteiger partial charge in [0, 0.05) is 6.66 Å². The summed E-state index contributed by atoms with van der Waals surface area (Å²) in [6.07, 6.45) is 0. The molecule has 0 bridgehead atoms. The highest BCUT2D eigenvalue weighted by atomic mass is 31.3. The number of rotatable bonds is 16. The molecule has 0 aliphatic rings. The number of hydrogen-bond acceptors (Lipinski definition) is 12. The van der Waals surface area contributed by atoms with Crippen LogP contribution in [0.1, 0.15) is 0 Å². The summed E-state index contributed by atoms with van der Waals surface area (Å²) >= 11 is 0. The SMILES string of the molecule is C[Si](C)(C)OP(C)(=O)OP(=O)(O[Si](C)(C)C)OP(=O)(O[Si](C)(C)C)OP(=O)(O[Si](C)(C)C)O[Si](C)(C)C. The first-order valence-electron chi connectivity index (χ1n) is 11.7. The molecule has 3 atom stereocenters. The van der Waals surface area contributed by atoms with Crippen molar-refractivity contribution in [3.05, 3.63) is 0 Å². The smallest absolute Gasteiger partial charge is 0.351 e. The van der Waals surface area contributed by atoms with Crippen molar-refractivity contribution in [3.63, 3.8) is 0 Å². The lowest BCUT2D eigenvalue weighted by Crippen LogP contribution is -2.31. The van der Waals surface area contributed by atoms with Gasteiger partial charge in [0.1, 0.15) is 0 Å². The first-order chi connectivity index (χ1) is 15.7. The topological polar surface area (TPSA) is 142 Å². The maximum Gasteiger partial charge on any atom is 0.482 e. The van der Waals surface area contributed by atoms with E-state index in [0.717, 1.165) is 6.66 Å². The Bertz CT molecular complexity index is 955. The molecule has 0 aliphatic heterocycles. The summed E-state index contributed by atoms with van der Waals surface area (Å²) < 4.78 is 99.7. The molecule has 3 unspecified atom stereocenters. The second kappa shape index (κ2) is 12.5. The van der Waals surface area contributed by atoms with E-state index in [1.54, 1.807) is 98.2 Å². The van der Waals surface area contributed by atoms with Crippen LogP contribution in [0.3, 0.4) is 0 Å². The highest BCUT2D eigenvalue weighted by molar-refractivity contribution is 7.73. The second-order valence-electron chi connectivity index (χ2n) is 13.4. The molecule has 0 heterocycles. The molecule has 0 rings (SSSR count). The Kier molecular flexibility index (Phi) is 13.1. The van der Waals surface area contributed by atoms with Gasteiger partial charge in [-0.1, -0.05) is 0 Å². The van der Waals surface area contributed by atoms with Crippen LogP contribution in [0.25, 0.3) is 0 Å². The average molecular weight is 697 g/mol. The molecule has 0 amide bonds. The van der Waals surface area contributed by atoms with Crippen LogP contribution >= 0.6 is 31.1 Å². The zero-order chi connectivity index (χ0) is 30.2. The van der Waals surface area contributed by atoms with Gasteiger partial charge in [-0.3, -0.25) is 4.57 Å². The van der Waals surface area contributed by atoms with Crippen molar-refractivity contribution < 1.29 is 52.3 Å². The van der Waals surface area contributed by atoms with Crippen LogP contribution in [0.2, 0.25) is 98.2 Å². The molecule has 0 saturated heterocycles. The van der Waals surface area contributed by atoms with Crippen molar-refractivity contribution >= 4 is 72.7 Å². The first-order valence-corrected chi connectivity index (χ1v) is 35.1. The molecule has 0 saturated carbocycles. The summed E-state index contributed by atoms with van der Waals surface area (Å²) in [5.74, 6) is 0.